The quantitative estimate of drug-likeness (QED) is 0.631. The third-order valence-corrected chi connectivity index (χ3v) is 4.51. The minimum atomic E-state index is -1.03. The Morgan fingerprint density at radius 1 is 1.00 bits per heavy atom. The Balaban J connectivity index is 1.99. The second-order valence-electron chi connectivity index (χ2n) is 5.39. The molecule has 0 saturated carbocycles. The van der Waals surface area contributed by atoms with E-state index < -0.39 is 18.0 Å². The Bertz CT molecular complexity index is 839. The molecule has 0 bridgehead atoms. The smallest absolute Gasteiger partial charge is 0.349 e. The van der Waals surface area contributed by atoms with Gasteiger partial charge in [0.1, 0.15) is 4.88 Å². The van der Waals surface area contributed by atoms with Gasteiger partial charge < -0.3 is 10.1 Å². The lowest BCUT2D eigenvalue weighted by molar-refractivity contribution is -0.123. The summed E-state index contributed by atoms with van der Waals surface area (Å²) >= 11 is 1.02. The van der Waals surface area contributed by atoms with Gasteiger partial charge in [0.05, 0.1) is 4.88 Å². The minimum Gasteiger partial charge on any atom is -0.448 e. The number of hydrogen-bond acceptors (Lipinski definition) is 6. The number of carbonyl (C=O) groups excluding carboxylic acids is 4. The van der Waals surface area contributed by atoms with Crippen LogP contribution in [0.15, 0.2) is 36.4 Å². The maximum absolute atomic E-state index is 12.1. The van der Waals surface area contributed by atoms with Gasteiger partial charge in [-0.05, 0) is 45.0 Å². The highest BCUT2D eigenvalue weighted by Crippen LogP contribution is 2.19. The molecule has 0 aliphatic rings. The average Bonchev–Trinajstić information content (AvgIpc) is 3.05. The van der Waals surface area contributed by atoms with Gasteiger partial charge in [0.25, 0.3) is 5.91 Å². The van der Waals surface area contributed by atoms with E-state index >= 15 is 0 Å². The van der Waals surface area contributed by atoms with Gasteiger partial charge >= 0.3 is 5.97 Å². The number of rotatable bonds is 6. The molecule has 1 heterocycles. The van der Waals surface area contributed by atoms with Crippen molar-refractivity contribution >= 4 is 40.5 Å². The van der Waals surface area contributed by atoms with E-state index in [1.165, 1.54) is 26.8 Å². The SMILES string of the molecule is CC(=O)c1cccc(NC(=O)C(C)OC(=O)c2ccc(C(C)=O)s2)c1. The van der Waals surface area contributed by atoms with Gasteiger partial charge in [-0.2, -0.15) is 0 Å². The van der Waals surface area contributed by atoms with E-state index in [1.54, 1.807) is 30.3 Å². The van der Waals surface area contributed by atoms with Gasteiger partial charge in [-0.25, -0.2) is 4.79 Å². The van der Waals surface area contributed by atoms with Gasteiger partial charge in [-0.3, -0.25) is 14.4 Å². The topological polar surface area (TPSA) is 89.5 Å². The number of thiophene rings is 1. The zero-order chi connectivity index (χ0) is 18.6. The summed E-state index contributed by atoms with van der Waals surface area (Å²) in [7, 11) is 0. The number of benzene rings is 1. The first-order chi connectivity index (χ1) is 11.8. The molecule has 0 saturated heterocycles. The van der Waals surface area contributed by atoms with Crippen LogP contribution < -0.4 is 5.32 Å². The molecule has 25 heavy (non-hydrogen) atoms. The molecule has 0 spiro atoms. The summed E-state index contributed by atoms with van der Waals surface area (Å²) in [5.74, 6) is -1.44. The molecule has 1 unspecified atom stereocenters. The lowest BCUT2D eigenvalue weighted by Crippen LogP contribution is -2.29. The Morgan fingerprint density at radius 3 is 2.28 bits per heavy atom. The maximum atomic E-state index is 12.1. The highest BCUT2D eigenvalue weighted by Gasteiger charge is 2.21. The Labute approximate surface area is 148 Å². The molecule has 2 aromatic rings. The molecule has 1 amide bonds. The Hall–Kier alpha value is -2.80. The average molecular weight is 359 g/mol. The third kappa shape index (κ3) is 4.84. The first-order valence-electron chi connectivity index (χ1n) is 7.51. The fourth-order valence-electron chi connectivity index (χ4n) is 1.97. The first kappa shape index (κ1) is 18.5. The van der Waals surface area contributed by atoms with Crippen molar-refractivity contribution in [2.75, 3.05) is 5.32 Å². The molecule has 0 aliphatic carbocycles. The summed E-state index contributed by atoms with van der Waals surface area (Å²) in [5.41, 5.74) is 0.911. The van der Waals surface area contributed by atoms with Crippen molar-refractivity contribution < 1.29 is 23.9 Å². The van der Waals surface area contributed by atoms with Crippen molar-refractivity contribution in [2.45, 2.75) is 26.9 Å². The number of ketones is 2. The highest BCUT2D eigenvalue weighted by atomic mass is 32.1. The van der Waals surface area contributed by atoms with Crippen LogP contribution in [0.3, 0.4) is 0 Å². The number of carbonyl (C=O) groups is 4. The van der Waals surface area contributed by atoms with Crippen LogP contribution in [0.1, 0.15) is 50.5 Å². The van der Waals surface area contributed by atoms with E-state index in [2.05, 4.69) is 5.32 Å². The number of esters is 1. The molecule has 0 aliphatic heterocycles. The van der Waals surface area contributed by atoms with Crippen LogP contribution in [0.5, 0.6) is 0 Å². The van der Waals surface area contributed by atoms with Crippen LogP contribution in [0.2, 0.25) is 0 Å². The van der Waals surface area contributed by atoms with Gasteiger partial charge in [-0.15, -0.1) is 11.3 Å². The lowest BCUT2D eigenvalue weighted by atomic mass is 10.1. The number of nitrogens with one attached hydrogen (secondary N) is 1. The number of amides is 1. The van der Waals surface area contributed by atoms with Crippen molar-refractivity contribution in [2.24, 2.45) is 0 Å². The number of Topliss-reactive ketones (excluding diaryl/α,β-unsaturated/α-hetero) is 2. The zero-order valence-electron chi connectivity index (χ0n) is 14.0. The largest absolute Gasteiger partial charge is 0.448 e. The second kappa shape index (κ2) is 7.85. The van der Waals surface area contributed by atoms with Crippen LogP contribution in [0.25, 0.3) is 0 Å². The van der Waals surface area contributed by atoms with Crippen molar-refractivity contribution in [1.82, 2.24) is 0 Å². The molecule has 1 N–H and O–H groups in total. The molecule has 1 aromatic carbocycles. The van der Waals surface area contributed by atoms with E-state index in [-0.39, 0.29) is 16.4 Å². The zero-order valence-corrected chi connectivity index (χ0v) is 14.8. The summed E-state index contributed by atoms with van der Waals surface area (Å²) in [4.78, 5) is 47.5. The maximum Gasteiger partial charge on any atom is 0.349 e. The van der Waals surface area contributed by atoms with E-state index in [0.717, 1.165) is 11.3 Å². The number of anilines is 1. The molecular formula is C18H17NO5S. The van der Waals surface area contributed by atoms with Crippen molar-refractivity contribution in [3.63, 3.8) is 0 Å². The fraction of sp³-hybridized carbons (Fsp3) is 0.222. The van der Waals surface area contributed by atoms with Crippen molar-refractivity contribution in [1.29, 1.82) is 0 Å². The van der Waals surface area contributed by atoms with E-state index in [9.17, 15) is 19.2 Å². The van der Waals surface area contributed by atoms with Crippen molar-refractivity contribution in [3.8, 4) is 0 Å². The number of hydrogen-bond donors (Lipinski definition) is 1. The standard InChI is InChI=1S/C18H17NO5S/c1-10(20)13-5-4-6-14(9-13)19-17(22)12(3)24-18(23)16-8-7-15(25-16)11(2)21/h4-9,12H,1-3H3,(H,19,22). The summed E-state index contributed by atoms with van der Waals surface area (Å²) < 4.78 is 5.12. The molecule has 0 fully saturated rings. The lowest BCUT2D eigenvalue weighted by Gasteiger charge is -2.13. The van der Waals surface area contributed by atoms with Gasteiger partial charge in [0, 0.05) is 11.3 Å². The highest BCUT2D eigenvalue weighted by molar-refractivity contribution is 7.15. The normalized spacial score (nSPS) is 11.5. The molecule has 2 rings (SSSR count). The second-order valence-corrected chi connectivity index (χ2v) is 6.48. The van der Waals surface area contributed by atoms with Gasteiger partial charge in [0.15, 0.2) is 17.7 Å². The van der Waals surface area contributed by atoms with Crippen LogP contribution in [0, 0.1) is 0 Å². The summed E-state index contributed by atoms with van der Waals surface area (Å²) in [6, 6.07) is 9.51. The van der Waals surface area contributed by atoms with E-state index in [1.807, 2.05) is 0 Å². The predicted molar refractivity (Wildman–Crippen MR) is 94.3 cm³/mol. The van der Waals surface area contributed by atoms with Crippen LogP contribution in [-0.2, 0) is 9.53 Å². The van der Waals surface area contributed by atoms with Crippen LogP contribution in [0.4, 0.5) is 5.69 Å². The molecule has 6 nitrogen and oxygen atoms in total. The summed E-state index contributed by atoms with van der Waals surface area (Å²) in [6.07, 6.45) is -1.03. The van der Waals surface area contributed by atoms with E-state index in [4.69, 9.17) is 4.74 Å². The molecule has 1 aromatic heterocycles. The molecule has 0 radical (unpaired) electrons. The third-order valence-electron chi connectivity index (χ3n) is 3.34. The molecular weight excluding hydrogens is 342 g/mol. The fourth-order valence-corrected chi connectivity index (χ4v) is 2.75. The van der Waals surface area contributed by atoms with Crippen molar-refractivity contribution in [3.05, 3.63) is 51.7 Å². The Kier molecular flexibility index (Phi) is 5.82. The molecule has 130 valence electrons. The Morgan fingerprint density at radius 2 is 1.68 bits per heavy atom. The summed E-state index contributed by atoms with van der Waals surface area (Å²) in [6.45, 7) is 4.29. The van der Waals surface area contributed by atoms with Gasteiger partial charge in [-0.1, -0.05) is 12.1 Å². The minimum absolute atomic E-state index is 0.116. The molecule has 1 atom stereocenters. The molecule has 7 heteroatoms. The number of ether oxygens (including phenoxy) is 1. The van der Waals surface area contributed by atoms with Crippen LogP contribution in [-0.4, -0.2) is 29.5 Å². The van der Waals surface area contributed by atoms with Crippen LogP contribution >= 0.6 is 11.3 Å². The first-order valence-corrected chi connectivity index (χ1v) is 8.33. The summed E-state index contributed by atoms with van der Waals surface area (Å²) in [5, 5.41) is 2.60. The van der Waals surface area contributed by atoms with E-state index in [0.29, 0.717) is 16.1 Å². The predicted octanol–water partition coefficient (Wildman–Crippen LogP) is 3.34. The van der Waals surface area contributed by atoms with Gasteiger partial charge in [0.2, 0.25) is 0 Å². The monoisotopic (exact) mass is 359 g/mol.